The van der Waals surface area contributed by atoms with Gasteiger partial charge in [0.05, 0.1) is 18.4 Å². The molecule has 132 valence electrons. The highest BCUT2D eigenvalue weighted by Crippen LogP contribution is 2.33. The van der Waals surface area contributed by atoms with E-state index < -0.39 is 0 Å². The van der Waals surface area contributed by atoms with Crippen LogP contribution in [0.5, 0.6) is 0 Å². The minimum absolute atomic E-state index is 0.0689. The van der Waals surface area contributed by atoms with E-state index in [1.807, 2.05) is 0 Å². The van der Waals surface area contributed by atoms with Gasteiger partial charge in [-0.25, -0.2) is 0 Å². The Kier molecular flexibility index (Phi) is 7.90. The SMILES string of the molecule is CCCCCOC(=O)C1CCCCC1C(=O)OC1CCCCC1. The average molecular weight is 324 g/mol. The molecule has 2 unspecified atom stereocenters. The molecular formula is C19H32O4. The van der Waals surface area contributed by atoms with Gasteiger partial charge in [-0.15, -0.1) is 0 Å². The molecule has 0 aromatic carbocycles. The normalized spacial score (nSPS) is 25.8. The molecule has 2 saturated carbocycles. The van der Waals surface area contributed by atoms with E-state index >= 15 is 0 Å². The molecule has 0 aliphatic heterocycles. The summed E-state index contributed by atoms with van der Waals surface area (Å²) >= 11 is 0. The lowest BCUT2D eigenvalue weighted by atomic mass is 9.79. The monoisotopic (exact) mass is 324 g/mol. The summed E-state index contributed by atoms with van der Waals surface area (Å²) in [6.07, 6.45) is 12.2. The van der Waals surface area contributed by atoms with E-state index in [-0.39, 0.29) is 29.9 Å². The molecule has 0 N–H and O–H groups in total. The van der Waals surface area contributed by atoms with Crippen molar-refractivity contribution >= 4 is 11.9 Å². The fourth-order valence-corrected chi connectivity index (χ4v) is 3.76. The second-order valence-electron chi connectivity index (χ2n) is 7.07. The lowest BCUT2D eigenvalue weighted by Gasteiger charge is -2.30. The molecular weight excluding hydrogens is 292 g/mol. The summed E-state index contributed by atoms with van der Waals surface area (Å²) in [4.78, 5) is 24.9. The maximum absolute atomic E-state index is 12.5. The van der Waals surface area contributed by atoms with E-state index in [0.29, 0.717) is 6.61 Å². The first kappa shape index (κ1) is 18.3. The maximum Gasteiger partial charge on any atom is 0.310 e. The van der Waals surface area contributed by atoms with Gasteiger partial charge >= 0.3 is 11.9 Å². The molecule has 0 bridgehead atoms. The molecule has 23 heavy (non-hydrogen) atoms. The van der Waals surface area contributed by atoms with Crippen molar-refractivity contribution in [1.82, 2.24) is 0 Å². The first-order chi connectivity index (χ1) is 11.2. The van der Waals surface area contributed by atoms with Crippen LogP contribution < -0.4 is 0 Å². The predicted molar refractivity (Wildman–Crippen MR) is 88.9 cm³/mol. The van der Waals surface area contributed by atoms with Crippen LogP contribution in [-0.2, 0) is 19.1 Å². The van der Waals surface area contributed by atoms with Gasteiger partial charge in [-0.2, -0.15) is 0 Å². The Morgan fingerprint density at radius 3 is 2.09 bits per heavy atom. The van der Waals surface area contributed by atoms with Gasteiger partial charge in [-0.1, -0.05) is 39.0 Å². The minimum atomic E-state index is -0.290. The van der Waals surface area contributed by atoms with Crippen LogP contribution >= 0.6 is 0 Å². The van der Waals surface area contributed by atoms with Crippen molar-refractivity contribution < 1.29 is 19.1 Å². The fourth-order valence-electron chi connectivity index (χ4n) is 3.76. The number of rotatable bonds is 7. The van der Waals surface area contributed by atoms with Gasteiger partial charge in [0, 0.05) is 0 Å². The molecule has 4 nitrogen and oxygen atoms in total. The fraction of sp³-hybridized carbons (Fsp3) is 0.895. The zero-order chi connectivity index (χ0) is 16.5. The van der Waals surface area contributed by atoms with Crippen molar-refractivity contribution in [3.05, 3.63) is 0 Å². The number of unbranched alkanes of at least 4 members (excludes halogenated alkanes) is 2. The number of carbonyl (C=O) groups is 2. The van der Waals surface area contributed by atoms with E-state index in [4.69, 9.17) is 9.47 Å². The lowest BCUT2D eigenvalue weighted by molar-refractivity contribution is -0.167. The molecule has 0 aromatic rings. The van der Waals surface area contributed by atoms with Gasteiger partial charge in [0.25, 0.3) is 0 Å². The third-order valence-electron chi connectivity index (χ3n) is 5.20. The highest BCUT2D eigenvalue weighted by molar-refractivity contribution is 5.82. The summed E-state index contributed by atoms with van der Waals surface area (Å²) in [5.74, 6) is -0.927. The molecule has 0 aromatic heterocycles. The number of ether oxygens (including phenoxy) is 2. The minimum Gasteiger partial charge on any atom is -0.465 e. The number of carbonyl (C=O) groups excluding carboxylic acids is 2. The van der Waals surface area contributed by atoms with Crippen molar-refractivity contribution in [2.75, 3.05) is 6.61 Å². The molecule has 2 aliphatic rings. The Balaban J connectivity index is 1.83. The largest absolute Gasteiger partial charge is 0.465 e. The molecule has 0 saturated heterocycles. The van der Waals surface area contributed by atoms with Crippen molar-refractivity contribution in [3.63, 3.8) is 0 Å². The van der Waals surface area contributed by atoms with Gasteiger partial charge in [0.1, 0.15) is 6.10 Å². The van der Waals surface area contributed by atoms with Gasteiger partial charge in [0.15, 0.2) is 0 Å². The van der Waals surface area contributed by atoms with Crippen molar-refractivity contribution in [1.29, 1.82) is 0 Å². The quantitative estimate of drug-likeness (QED) is 0.514. The molecule has 2 rings (SSSR count). The van der Waals surface area contributed by atoms with E-state index in [1.165, 1.54) is 6.42 Å². The van der Waals surface area contributed by atoms with Gasteiger partial charge in [-0.3, -0.25) is 9.59 Å². The third kappa shape index (κ3) is 5.82. The van der Waals surface area contributed by atoms with Crippen LogP contribution in [0.15, 0.2) is 0 Å². The summed E-state index contributed by atoms with van der Waals surface area (Å²) in [5, 5.41) is 0. The number of hydrogen-bond donors (Lipinski definition) is 0. The predicted octanol–water partition coefficient (Wildman–Crippen LogP) is 4.40. The van der Waals surface area contributed by atoms with E-state index in [0.717, 1.165) is 70.6 Å². The smallest absolute Gasteiger partial charge is 0.310 e. The first-order valence-corrected chi connectivity index (χ1v) is 9.59. The topological polar surface area (TPSA) is 52.6 Å². The van der Waals surface area contributed by atoms with Crippen LogP contribution in [0.4, 0.5) is 0 Å². The van der Waals surface area contributed by atoms with E-state index in [9.17, 15) is 9.59 Å². The number of hydrogen-bond acceptors (Lipinski definition) is 4. The van der Waals surface area contributed by atoms with E-state index in [2.05, 4.69) is 6.92 Å². The van der Waals surface area contributed by atoms with Gasteiger partial charge < -0.3 is 9.47 Å². The Bertz CT molecular complexity index is 374. The summed E-state index contributed by atoms with van der Waals surface area (Å²) < 4.78 is 11.1. The van der Waals surface area contributed by atoms with Gasteiger partial charge in [-0.05, 0) is 44.9 Å². The van der Waals surface area contributed by atoms with Crippen molar-refractivity contribution in [3.8, 4) is 0 Å². The standard InChI is InChI=1S/C19H32O4/c1-2-3-9-14-22-18(20)16-12-7-8-13-17(16)19(21)23-15-10-5-4-6-11-15/h15-17H,2-14H2,1H3. The van der Waals surface area contributed by atoms with E-state index in [1.54, 1.807) is 0 Å². The van der Waals surface area contributed by atoms with Crippen molar-refractivity contribution in [2.24, 2.45) is 11.8 Å². The van der Waals surface area contributed by atoms with Crippen LogP contribution in [-0.4, -0.2) is 24.6 Å². The number of esters is 2. The molecule has 4 heteroatoms. The Morgan fingerprint density at radius 1 is 0.826 bits per heavy atom. The zero-order valence-corrected chi connectivity index (χ0v) is 14.6. The zero-order valence-electron chi connectivity index (χ0n) is 14.6. The molecule has 2 atom stereocenters. The average Bonchev–Trinajstić information content (AvgIpc) is 2.59. The summed E-state index contributed by atoms with van der Waals surface area (Å²) in [7, 11) is 0. The molecule has 2 fully saturated rings. The van der Waals surface area contributed by atoms with Gasteiger partial charge in [0.2, 0.25) is 0 Å². The highest BCUT2D eigenvalue weighted by atomic mass is 16.5. The molecule has 0 spiro atoms. The highest BCUT2D eigenvalue weighted by Gasteiger charge is 2.38. The first-order valence-electron chi connectivity index (χ1n) is 9.59. The Labute approximate surface area is 140 Å². The van der Waals surface area contributed by atoms with Crippen LogP contribution in [0, 0.1) is 11.8 Å². The second kappa shape index (κ2) is 9.94. The molecule has 2 aliphatic carbocycles. The summed E-state index contributed by atoms with van der Waals surface area (Å²) in [5.41, 5.74) is 0. The molecule has 0 heterocycles. The summed E-state index contributed by atoms with van der Waals surface area (Å²) in [6, 6.07) is 0. The van der Waals surface area contributed by atoms with Crippen LogP contribution in [0.25, 0.3) is 0 Å². The maximum atomic E-state index is 12.5. The van der Waals surface area contributed by atoms with Crippen LogP contribution in [0.3, 0.4) is 0 Å². The Hall–Kier alpha value is -1.06. The third-order valence-corrected chi connectivity index (χ3v) is 5.20. The second-order valence-corrected chi connectivity index (χ2v) is 7.07. The lowest BCUT2D eigenvalue weighted by Crippen LogP contribution is -2.37. The van der Waals surface area contributed by atoms with Crippen molar-refractivity contribution in [2.45, 2.75) is 90.1 Å². The Morgan fingerprint density at radius 2 is 1.43 bits per heavy atom. The summed E-state index contributed by atoms with van der Waals surface area (Å²) in [6.45, 7) is 2.60. The van der Waals surface area contributed by atoms with Crippen LogP contribution in [0.1, 0.15) is 84.0 Å². The molecule has 0 amide bonds. The van der Waals surface area contributed by atoms with Crippen LogP contribution in [0.2, 0.25) is 0 Å². The molecule has 0 radical (unpaired) electrons.